The van der Waals surface area contributed by atoms with E-state index in [2.05, 4.69) is 44.8 Å². The molecule has 2 aliphatic heterocycles. The van der Waals surface area contributed by atoms with Gasteiger partial charge in [0.15, 0.2) is 0 Å². The Morgan fingerprint density at radius 1 is 1.19 bits per heavy atom. The SMILES string of the molecule is C[C@@H](Oc1nc(-c2ccc(N3CCNCC3)cc2)cc2ncn(C)c12)[C@H]1CNC(=O)C1. The second-order valence-electron chi connectivity index (χ2n) is 8.41. The molecule has 0 bridgehead atoms. The van der Waals surface area contributed by atoms with Crippen molar-refractivity contribution in [1.82, 2.24) is 25.2 Å². The molecule has 1 amide bonds. The van der Waals surface area contributed by atoms with E-state index in [1.54, 1.807) is 6.33 Å². The lowest BCUT2D eigenvalue weighted by Gasteiger charge is -2.29. The molecule has 0 radical (unpaired) electrons. The van der Waals surface area contributed by atoms with E-state index in [0.717, 1.165) is 48.5 Å². The molecule has 0 saturated carbocycles. The summed E-state index contributed by atoms with van der Waals surface area (Å²) in [6.07, 6.45) is 2.14. The van der Waals surface area contributed by atoms with Gasteiger partial charge in [0.1, 0.15) is 11.6 Å². The largest absolute Gasteiger partial charge is 0.473 e. The summed E-state index contributed by atoms with van der Waals surface area (Å²) < 4.78 is 8.23. The molecule has 0 unspecified atom stereocenters. The van der Waals surface area contributed by atoms with Crippen molar-refractivity contribution in [2.24, 2.45) is 13.0 Å². The molecule has 31 heavy (non-hydrogen) atoms. The lowest BCUT2D eigenvalue weighted by molar-refractivity contribution is -0.119. The minimum Gasteiger partial charge on any atom is -0.473 e. The fraction of sp³-hybridized carbons (Fsp3) is 0.435. The van der Waals surface area contributed by atoms with Crippen molar-refractivity contribution in [3.05, 3.63) is 36.7 Å². The van der Waals surface area contributed by atoms with E-state index in [0.29, 0.717) is 18.8 Å². The second-order valence-corrected chi connectivity index (χ2v) is 8.41. The van der Waals surface area contributed by atoms with Gasteiger partial charge in [0.2, 0.25) is 11.8 Å². The van der Waals surface area contributed by atoms with Crippen LogP contribution in [0.3, 0.4) is 0 Å². The first-order valence-corrected chi connectivity index (χ1v) is 10.9. The first-order chi connectivity index (χ1) is 15.1. The zero-order valence-corrected chi connectivity index (χ0v) is 18.0. The number of hydrogen-bond donors (Lipinski definition) is 2. The molecule has 0 spiro atoms. The Morgan fingerprint density at radius 3 is 2.68 bits per heavy atom. The van der Waals surface area contributed by atoms with Crippen LogP contribution in [-0.2, 0) is 11.8 Å². The Kier molecular flexibility index (Phi) is 5.23. The number of nitrogens with one attached hydrogen (secondary N) is 2. The maximum absolute atomic E-state index is 11.6. The maximum Gasteiger partial charge on any atom is 0.241 e. The van der Waals surface area contributed by atoms with Gasteiger partial charge in [0, 0.05) is 63.4 Å². The molecule has 8 nitrogen and oxygen atoms in total. The summed E-state index contributed by atoms with van der Waals surface area (Å²) in [6.45, 7) is 6.71. The van der Waals surface area contributed by atoms with Gasteiger partial charge in [-0.15, -0.1) is 0 Å². The molecule has 5 rings (SSSR count). The quantitative estimate of drug-likeness (QED) is 0.656. The molecular formula is C23H28N6O2. The number of ether oxygens (including phenoxy) is 1. The summed E-state index contributed by atoms with van der Waals surface area (Å²) in [5.41, 5.74) is 4.81. The lowest BCUT2D eigenvalue weighted by atomic mass is 10.0. The number of piperazine rings is 1. The number of pyridine rings is 1. The molecule has 2 atom stereocenters. The van der Waals surface area contributed by atoms with Crippen LogP contribution in [0.4, 0.5) is 5.69 Å². The van der Waals surface area contributed by atoms with Gasteiger partial charge in [-0.1, -0.05) is 12.1 Å². The van der Waals surface area contributed by atoms with Gasteiger partial charge in [-0.2, -0.15) is 0 Å². The van der Waals surface area contributed by atoms with Gasteiger partial charge in [-0.25, -0.2) is 9.97 Å². The highest BCUT2D eigenvalue weighted by Crippen LogP contribution is 2.31. The van der Waals surface area contributed by atoms with Crippen molar-refractivity contribution >= 4 is 22.6 Å². The summed E-state index contributed by atoms with van der Waals surface area (Å²) in [5, 5.41) is 6.27. The number of hydrogen-bond acceptors (Lipinski definition) is 6. The van der Waals surface area contributed by atoms with Gasteiger partial charge < -0.3 is 24.8 Å². The number of nitrogens with zero attached hydrogens (tertiary/aromatic N) is 4. The number of rotatable bonds is 5. The molecule has 4 heterocycles. The Hall–Kier alpha value is -3.13. The number of aryl methyl sites for hydroxylation is 1. The Morgan fingerprint density at radius 2 is 1.97 bits per heavy atom. The van der Waals surface area contributed by atoms with Gasteiger partial charge in [0.05, 0.1) is 17.5 Å². The topological polar surface area (TPSA) is 84.3 Å². The average molecular weight is 421 g/mol. The molecule has 3 aromatic rings. The fourth-order valence-electron chi connectivity index (χ4n) is 4.37. The van der Waals surface area contributed by atoms with E-state index < -0.39 is 0 Å². The van der Waals surface area contributed by atoms with Crippen LogP contribution in [-0.4, -0.2) is 59.3 Å². The van der Waals surface area contributed by atoms with Crippen LogP contribution < -0.4 is 20.3 Å². The number of aromatic nitrogens is 3. The van der Waals surface area contributed by atoms with Crippen molar-refractivity contribution in [2.75, 3.05) is 37.6 Å². The smallest absolute Gasteiger partial charge is 0.241 e. The van der Waals surface area contributed by atoms with E-state index in [4.69, 9.17) is 9.72 Å². The van der Waals surface area contributed by atoms with Crippen LogP contribution in [0.15, 0.2) is 36.7 Å². The third-order valence-electron chi connectivity index (χ3n) is 6.28. The summed E-state index contributed by atoms with van der Waals surface area (Å²) in [4.78, 5) is 23.4. The number of imidazole rings is 1. The van der Waals surface area contributed by atoms with Crippen LogP contribution in [0.5, 0.6) is 5.88 Å². The Labute approximate surface area is 181 Å². The van der Waals surface area contributed by atoms with Gasteiger partial charge >= 0.3 is 0 Å². The van der Waals surface area contributed by atoms with Gasteiger partial charge in [0.25, 0.3) is 0 Å². The lowest BCUT2D eigenvalue weighted by Crippen LogP contribution is -2.43. The Bertz CT molecular complexity index is 1090. The fourth-order valence-corrected chi connectivity index (χ4v) is 4.37. The molecule has 8 heteroatoms. The number of carbonyl (C=O) groups excluding carboxylic acids is 1. The highest BCUT2D eigenvalue weighted by Gasteiger charge is 2.29. The van der Waals surface area contributed by atoms with Crippen molar-refractivity contribution in [2.45, 2.75) is 19.4 Å². The third-order valence-corrected chi connectivity index (χ3v) is 6.28. The van der Waals surface area contributed by atoms with Crippen LogP contribution >= 0.6 is 0 Å². The molecule has 1 aromatic carbocycles. The first-order valence-electron chi connectivity index (χ1n) is 10.9. The van der Waals surface area contributed by atoms with E-state index >= 15 is 0 Å². The first kappa shape index (κ1) is 19.8. The predicted octanol–water partition coefficient (Wildman–Crippen LogP) is 1.95. The van der Waals surface area contributed by atoms with Gasteiger partial charge in [-0.05, 0) is 25.1 Å². The molecule has 2 saturated heterocycles. The number of carbonyl (C=O) groups is 1. The molecule has 2 fully saturated rings. The molecule has 0 aliphatic carbocycles. The van der Waals surface area contributed by atoms with Crippen molar-refractivity contribution in [3.8, 4) is 17.1 Å². The van der Waals surface area contributed by atoms with E-state index in [9.17, 15) is 4.79 Å². The zero-order valence-electron chi connectivity index (χ0n) is 18.0. The summed E-state index contributed by atoms with van der Waals surface area (Å²) in [5.74, 6) is 0.780. The second kappa shape index (κ2) is 8.19. The van der Waals surface area contributed by atoms with Crippen molar-refractivity contribution in [3.63, 3.8) is 0 Å². The minimum absolute atomic E-state index is 0.0809. The molecule has 2 aliphatic rings. The summed E-state index contributed by atoms with van der Waals surface area (Å²) in [6, 6.07) is 10.5. The Balaban J connectivity index is 1.44. The number of amides is 1. The summed E-state index contributed by atoms with van der Waals surface area (Å²) in [7, 11) is 1.94. The monoisotopic (exact) mass is 420 g/mol. The van der Waals surface area contributed by atoms with Gasteiger partial charge in [-0.3, -0.25) is 4.79 Å². The number of fused-ring (bicyclic) bond motifs is 1. The normalized spacial score (nSPS) is 20.1. The molecule has 162 valence electrons. The highest BCUT2D eigenvalue weighted by atomic mass is 16.5. The zero-order chi connectivity index (χ0) is 21.4. The number of benzene rings is 1. The average Bonchev–Trinajstić information content (AvgIpc) is 3.40. The minimum atomic E-state index is -0.130. The van der Waals surface area contributed by atoms with E-state index in [-0.39, 0.29) is 17.9 Å². The van der Waals surface area contributed by atoms with Crippen molar-refractivity contribution in [1.29, 1.82) is 0 Å². The molecular weight excluding hydrogens is 392 g/mol. The van der Waals surface area contributed by atoms with E-state index in [1.807, 2.05) is 24.6 Å². The van der Waals surface area contributed by atoms with Crippen LogP contribution in [0.2, 0.25) is 0 Å². The standard InChI is InChI=1S/C23H28N6O2/c1-15(17-11-21(30)25-13-17)31-23-22-20(26-14-28(22)2)12-19(27-23)16-3-5-18(6-4-16)29-9-7-24-8-10-29/h3-6,12,14-15,17,24H,7-11,13H2,1-2H3,(H,25,30)/t15-,17-/m1/s1. The molecule has 2 N–H and O–H groups in total. The number of anilines is 1. The highest BCUT2D eigenvalue weighted by molar-refractivity contribution is 5.84. The third kappa shape index (κ3) is 3.95. The predicted molar refractivity (Wildman–Crippen MR) is 120 cm³/mol. The van der Waals surface area contributed by atoms with Crippen LogP contribution in [0.25, 0.3) is 22.3 Å². The summed E-state index contributed by atoms with van der Waals surface area (Å²) >= 11 is 0. The van der Waals surface area contributed by atoms with Crippen LogP contribution in [0, 0.1) is 5.92 Å². The van der Waals surface area contributed by atoms with E-state index in [1.165, 1.54) is 5.69 Å². The maximum atomic E-state index is 11.6. The van der Waals surface area contributed by atoms with Crippen LogP contribution in [0.1, 0.15) is 13.3 Å². The molecule has 2 aromatic heterocycles. The van der Waals surface area contributed by atoms with Crippen molar-refractivity contribution < 1.29 is 9.53 Å².